The summed E-state index contributed by atoms with van der Waals surface area (Å²) in [6, 6.07) is 2.20. The Morgan fingerprint density at radius 1 is 1.08 bits per heavy atom. The van der Waals surface area contributed by atoms with Crippen LogP contribution in [0.5, 0.6) is 11.5 Å². The average molecular weight is 535 g/mol. The van der Waals surface area contributed by atoms with E-state index in [1.165, 1.54) is 20.3 Å². The topological polar surface area (TPSA) is 103 Å². The zero-order valence-corrected chi connectivity index (χ0v) is 23.6. The SMILES string of the molecule is CCC(C)(C)CNC(=O)[C@H]1CCC[C@H]1NC(=O)c1cc(OC2CCC(C)(C(=O)OC)CC2)c(F)cc1OC. The number of benzene rings is 1. The van der Waals surface area contributed by atoms with Crippen LogP contribution in [0.4, 0.5) is 4.39 Å². The van der Waals surface area contributed by atoms with E-state index in [9.17, 15) is 18.8 Å². The largest absolute Gasteiger partial charge is 0.496 e. The van der Waals surface area contributed by atoms with Crippen LogP contribution in [0, 0.1) is 22.6 Å². The van der Waals surface area contributed by atoms with Crippen LogP contribution in [0.15, 0.2) is 12.1 Å². The van der Waals surface area contributed by atoms with Crippen molar-refractivity contribution in [2.24, 2.45) is 16.7 Å². The molecule has 2 atom stereocenters. The number of carbonyl (C=O) groups is 3. The third kappa shape index (κ3) is 6.97. The summed E-state index contributed by atoms with van der Waals surface area (Å²) in [5.41, 5.74) is -0.423. The monoisotopic (exact) mass is 534 g/mol. The Labute approximate surface area is 225 Å². The number of hydrogen-bond acceptors (Lipinski definition) is 6. The van der Waals surface area contributed by atoms with E-state index >= 15 is 0 Å². The van der Waals surface area contributed by atoms with Gasteiger partial charge in [0.2, 0.25) is 5.91 Å². The van der Waals surface area contributed by atoms with E-state index in [1.54, 1.807) is 0 Å². The molecule has 1 aromatic rings. The van der Waals surface area contributed by atoms with E-state index in [2.05, 4.69) is 31.4 Å². The van der Waals surface area contributed by atoms with E-state index in [1.807, 2.05) is 6.92 Å². The highest BCUT2D eigenvalue weighted by molar-refractivity contribution is 5.98. The van der Waals surface area contributed by atoms with Crippen LogP contribution in [0.2, 0.25) is 0 Å². The third-order valence-electron chi connectivity index (χ3n) is 8.37. The molecule has 0 aliphatic heterocycles. The third-order valence-corrected chi connectivity index (χ3v) is 8.37. The molecule has 0 saturated heterocycles. The summed E-state index contributed by atoms with van der Waals surface area (Å²) in [6.45, 7) is 8.74. The zero-order valence-electron chi connectivity index (χ0n) is 23.6. The molecule has 0 bridgehead atoms. The van der Waals surface area contributed by atoms with Gasteiger partial charge >= 0.3 is 5.97 Å². The zero-order chi connectivity index (χ0) is 28.1. The molecule has 2 fully saturated rings. The molecular formula is C29H43FN2O6. The first-order chi connectivity index (χ1) is 17.9. The van der Waals surface area contributed by atoms with Crippen LogP contribution >= 0.6 is 0 Å². The number of rotatable bonds is 10. The van der Waals surface area contributed by atoms with Gasteiger partial charge in [0.05, 0.1) is 37.2 Å². The minimum Gasteiger partial charge on any atom is -0.496 e. The smallest absolute Gasteiger partial charge is 0.311 e. The second kappa shape index (κ2) is 12.3. The molecule has 2 N–H and O–H groups in total. The lowest BCUT2D eigenvalue weighted by atomic mass is 9.75. The maximum absolute atomic E-state index is 14.9. The summed E-state index contributed by atoms with van der Waals surface area (Å²) in [7, 11) is 2.75. The number of amides is 2. The van der Waals surface area contributed by atoms with Crippen molar-refractivity contribution in [3.63, 3.8) is 0 Å². The van der Waals surface area contributed by atoms with Gasteiger partial charge in [-0.3, -0.25) is 14.4 Å². The van der Waals surface area contributed by atoms with Crippen molar-refractivity contribution in [3.8, 4) is 11.5 Å². The number of methoxy groups -OCH3 is 2. The molecule has 2 aliphatic rings. The van der Waals surface area contributed by atoms with Gasteiger partial charge in [0.15, 0.2) is 11.6 Å². The van der Waals surface area contributed by atoms with Crippen LogP contribution in [-0.2, 0) is 14.3 Å². The highest BCUT2D eigenvalue weighted by Crippen LogP contribution is 2.39. The molecule has 0 aromatic heterocycles. The Morgan fingerprint density at radius 3 is 2.37 bits per heavy atom. The Hall–Kier alpha value is -2.84. The van der Waals surface area contributed by atoms with Gasteiger partial charge in [-0.25, -0.2) is 4.39 Å². The van der Waals surface area contributed by atoms with E-state index in [0.717, 1.165) is 18.9 Å². The summed E-state index contributed by atoms with van der Waals surface area (Å²) in [4.78, 5) is 38.3. The maximum atomic E-state index is 14.9. The fraction of sp³-hybridized carbons (Fsp3) is 0.690. The van der Waals surface area contributed by atoms with E-state index in [-0.39, 0.29) is 52.4 Å². The first-order valence-corrected chi connectivity index (χ1v) is 13.6. The Kier molecular flexibility index (Phi) is 9.65. The molecule has 2 amide bonds. The standard InChI is InChI=1S/C29H43FN2O6/c1-7-28(2,3)17-31-25(33)19-9-8-10-22(19)32-26(34)20-15-24(21(30)16-23(20)36-5)38-18-11-13-29(4,14-12-18)27(35)37-6/h15-16,18-19,22H,7-14,17H2,1-6H3,(H,31,33)(H,32,34)/t18?,19-,22+,29?/m0/s1. The fourth-order valence-corrected chi connectivity index (χ4v) is 5.22. The lowest BCUT2D eigenvalue weighted by Gasteiger charge is -2.35. The first kappa shape index (κ1) is 29.7. The summed E-state index contributed by atoms with van der Waals surface area (Å²) in [5.74, 6) is -1.63. The van der Waals surface area contributed by atoms with Crippen LogP contribution in [0.1, 0.15) is 89.4 Å². The highest BCUT2D eigenvalue weighted by Gasteiger charge is 2.39. The van der Waals surface area contributed by atoms with Gasteiger partial charge in [-0.15, -0.1) is 0 Å². The van der Waals surface area contributed by atoms with Crippen molar-refractivity contribution in [2.75, 3.05) is 20.8 Å². The van der Waals surface area contributed by atoms with Crippen molar-refractivity contribution in [2.45, 2.75) is 91.2 Å². The molecule has 2 aliphatic carbocycles. The number of halogens is 1. The number of ether oxygens (including phenoxy) is 3. The van der Waals surface area contributed by atoms with Crippen molar-refractivity contribution in [3.05, 3.63) is 23.5 Å². The molecule has 8 nitrogen and oxygen atoms in total. The van der Waals surface area contributed by atoms with E-state index in [4.69, 9.17) is 14.2 Å². The van der Waals surface area contributed by atoms with Crippen molar-refractivity contribution in [1.29, 1.82) is 0 Å². The summed E-state index contributed by atoms with van der Waals surface area (Å²) in [6.07, 6.45) is 5.13. The van der Waals surface area contributed by atoms with Gasteiger partial charge in [-0.1, -0.05) is 27.2 Å². The van der Waals surface area contributed by atoms with Crippen LogP contribution in [0.3, 0.4) is 0 Å². The lowest BCUT2D eigenvalue weighted by molar-refractivity contribution is -0.154. The molecule has 212 valence electrons. The fourth-order valence-electron chi connectivity index (χ4n) is 5.22. The second-order valence-electron chi connectivity index (χ2n) is 11.7. The van der Waals surface area contributed by atoms with Gasteiger partial charge in [0.1, 0.15) is 5.75 Å². The number of nitrogens with one attached hydrogen (secondary N) is 2. The number of esters is 1. The lowest BCUT2D eigenvalue weighted by Crippen LogP contribution is -2.45. The van der Waals surface area contributed by atoms with Crippen LogP contribution in [-0.4, -0.2) is 50.7 Å². The average Bonchev–Trinajstić information content (AvgIpc) is 3.37. The molecule has 38 heavy (non-hydrogen) atoms. The highest BCUT2D eigenvalue weighted by atomic mass is 19.1. The second-order valence-corrected chi connectivity index (χ2v) is 11.7. The van der Waals surface area contributed by atoms with Crippen LogP contribution in [0.25, 0.3) is 0 Å². The predicted octanol–water partition coefficient (Wildman–Crippen LogP) is 4.79. The van der Waals surface area contributed by atoms with Gasteiger partial charge in [-0.2, -0.15) is 0 Å². The van der Waals surface area contributed by atoms with E-state index in [0.29, 0.717) is 45.1 Å². The quantitative estimate of drug-likeness (QED) is 0.419. The van der Waals surface area contributed by atoms with Crippen molar-refractivity contribution in [1.82, 2.24) is 10.6 Å². The maximum Gasteiger partial charge on any atom is 0.311 e. The van der Waals surface area contributed by atoms with Crippen LogP contribution < -0.4 is 20.1 Å². The molecule has 0 unspecified atom stereocenters. The summed E-state index contributed by atoms with van der Waals surface area (Å²) < 4.78 is 31.1. The molecule has 9 heteroatoms. The predicted molar refractivity (Wildman–Crippen MR) is 142 cm³/mol. The molecule has 3 rings (SSSR count). The molecule has 0 radical (unpaired) electrons. The minimum absolute atomic E-state index is 0.00114. The molecular weight excluding hydrogens is 491 g/mol. The number of carbonyl (C=O) groups excluding carboxylic acids is 3. The Morgan fingerprint density at radius 2 is 1.76 bits per heavy atom. The molecule has 2 saturated carbocycles. The van der Waals surface area contributed by atoms with Crippen molar-refractivity contribution < 1.29 is 33.0 Å². The minimum atomic E-state index is -0.628. The first-order valence-electron chi connectivity index (χ1n) is 13.6. The van der Waals surface area contributed by atoms with Gasteiger partial charge in [0.25, 0.3) is 5.91 Å². The van der Waals surface area contributed by atoms with E-state index < -0.39 is 17.1 Å². The van der Waals surface area contributed by atoms with Gasteiger partial charge in [0, 0.05) is 18.7 Å². The summed E-state index contributed by atoms with van der Waals surface area (Å²) in [5, 5.41) is 6.03. The summed E-state index contributed by atoms with van der Waals surface area (Å²) >= 11 is 0. The molecule has 1 aromatic carbocycles. The normalized spacial score (nSPS) is 25.4. The molecule has 0 heterocycles. The Bertz CT molecular complexity index is 1020. The van der Waals surface area contributed by atoms with Crippen molar-refractivity contribution >= 4 is 17.8 Å². The molecule has 0 spiro atoms. The van der Waals surface area contributed by atoms with Gasteiger partial charge < -0.3 is 24.8 Å². The Balaban J connectivity index is 1.69. The number of hydrogen-bond donors (Lipinski definition) is 2. The van der Waals surface area contributed by atoms with Gasteiger partial charge in [-0.05, 0) is 63.4 Å².